The van der Waals surface area contributed by atoms with Gasteiger partial charge >= 0.3 is 23.9 Å². The quantitative estimate of drug-likeness (QED) is 0.0416. The fourth-order valence-corrected chi connectivity index (χ4v) is 7.07. The third kappa shape index (κ3) is 22.1. The zero-order valence-corrected chi connectivity index (χ0v) is 40.8. The lowest BCUT2D eigenvalue weighted by Gasteiger charge is -2.30. The minimum absolute atomic E-state index is 0.0279. The number of nitrogens with one attached hydrogen (secondary N) is 7. The lowest BCUT2D eigenvalue weighted by molar-refractivity contribution is -0.143. The summed E-state index contributed by atoms with van der Waals surface area (Å²) in [7, 11) is 0. The van der Waals surface area contributed by atoms with Crippen LogP contribution in [0.3, 0.4) is 0 Å². The van der Waals surface area contributed by atoms with Crippen molar-refractivity contribution in [3.05, 3.63) is 71.8 Å². The summed E-state index contributed by atoms with van der Waals surface area (Å²) in [5, 5.41) is 66.1. The van der Waals surface area contributed by atoms with Crippen LogP contribution in [0, 0.1) is 11.8 Å². The Labute approximate surface area is 416 Å². The van der Waals surface area contributed by atoms with Crippen molar-refractivity contribution in [1.29, 1.82) is 0 Å². The average molecular weight is 1010 g/mol. The predicted molar refractivity (Wildman–Crippen MR) is 256 cm³/mol. The van der Waals surface area contributed by atoms with Gasteiger partial charge in [0.2, 0.25) is 35.4 Å². The summed E-state index contributed by atoms with van der Waals surface area (Å²) in [5.74, 6) is -13.0. The molecule has 396 valence electrons. The van der Waals surface area contributed by atoms with Crippen LogP contribution in [-0.2, 0) is 65.6 Å². The number of aliphatic hydroxyl groups is 1. The van der Waals surface area contributed by atoms with Gasteiger partial charge in [0.15, 0.2) is 6.10 Å². The second kappa shape index (κ2) is 30.3. The van der Waals surface area contributed by atoms with E-state index in [1.807, 2.05) is 0 Å². The van der Waals surface area contributed by atoms with Gasteiger partial charge in [0.05, 0.1) is 12.1 Å². The molecule has 0 radical (unpaired) electrons. The van der Waals surface area contributed by atoms with Gasteiger partial charge in [0.1, 0.15) is 36.3 Å². The van der Waals surface area contributed by atoms with Crippen molar-refractivity contribution in [2.24, 2.45) is 17.6 Å². The number of aliphatic hydroxyl groups excluding tert-OH is 1. The molecule has 24 heteroatoms. The fraction of sp³-hybridized carbons (Fsp3) is 0.521. The summed E-state index contributed by atoms with van der Waals surface area (Å²) in [4.78, 5) is 141. The molecule has 72 heavy (non-hydrogen) atoms. The smallest absolute Gasteiger partial charge is 0.326 e. The van der Waals surface area contributed by atoms with Crippen molar-refractivity contribution >= 4 is 65.2 Å². The van der Waals surface area contributed by atoms with Gasteiger partial charge < -0.3 is 68.5 Å². The highest BCUT2D eigenvalue weighted by atomic mass is 16.4. The Hall–Kier alpha value is -7.47. The number of nitrogens with two attached hydrogens (primary N) is 1. The third-order valence-electron chi connectivity index (χ3n) is 11.1. The molecule has 0 aliphatic heterocycles. The number of carboxylic acid groups (broad SMARTS) is 4. The first-order valence-corrected chi connectivity index (χ1v) is 23.3. The lowest BCUT2D eigenvalue weighted by Crippen LogP contribution is -2.61. The van der Waals surface area contributed by atoms with E-state index in [-0.39, 0.29) is 31.6 Å². The van der Waals surface area contributed by atoms with Crippen LogP contribution < -0.4 is 43.0 Å². The molecule has 0 saturated heterocycles. The largest absolute Gasteiger partial charge is 0.481 e. The first-order chi connectivity index (χ1) is 33.8. The third-order valence-corrected chi connectivity index (χ3v) is 11.1. The molecule has 14 N–H and O–H groups in total. The summed E-state index contributed by atoms with van der Waals surface area (Å²) >= 11 is 0. The Morgan fingerprint density at radius 1 is 0.472 bits per heavy atom. The van der Waals surface area contributed by atoms with Crippen molar-refractivity contribution in [3.8, 4) is 0 Å². The molecule has 0 aromatic heterocycles. The number of amides is 7. The molecule has 24 nitrogen and oxygen atoms in total. The molecule has 0 aliphatic rings. The monoisotopic (exact) mass is 1010 g/mol. The minimum Gasteiger partial charge on any atom is -0.481 e. The van der Waals surface area contributed by atoms with E-state index in [1.165, 1.54) is 0 Å². The summed E-state index contributed by atoms with van der Waals surface area (Å²) in [6.07, 6.45) is -5.47. The Morgan fingerprint density at radius 3 is 1.38 bits per heavy atom. The van der Waals surface area contributed by atoms with E-state index in [2.05, 4.69) is 37.2 Å². The van der Waals surface area contributed by atoms with Crippen LogP contribution in [0.25, 0.3) is 0 Å². The van der Waals surface area contributed by atoms with Gasteiger partial charge in [-0.2, -0.15) is 0 Å². The topological polar surface area (TPSA) is 399 Å². The maximum atomic E-state index is 14.1. The van der Waals surface area contributed by atoms with Crippen LogP contribution in [-0.4, -0.2) is 145 Å². The Kier molecular flexibility index (Phi) is 25.5. The van der Waals surface area contributed by atoms with Gasteiger partial charge in [0, 0.05) is 25.7 Å². The van der Waals surface area contributed by atoms with Gasteiger partial charge in [-0.3, -0.25) is 47.9 Å². The minimum atomic E-state index is -2.15. The molecule has 2 rings (SSSR count). The Balaban J connectivity index is 2.34. The van der Waals surface area contributed by atoms with Gasteiger partial charge in [-0.1, -0.05) is 88.4 Å². The number of hydrogen-bond donors (Lipinski definition) is 13. The van der Waals surface area contributed by atoms with E-state index in [1.54, 1.807) is 88.4 Å². The molecule has 7 amide bonds. The number of aliphatic carboxylic acids is 4. The summed E-state index contributed by atoms with van der Waals surface area (Å²) in [5.41, 5.74) is 6.93. The van der Waals surface area contributed by atoms with Crippen LogP contribution in [0.1, 0.15) is 90.7 Å². The van der Waals surface area contributed by atoms with Crippen molar-refractivity contribution in [1.82, 2.24) is 37.2 Å². The van der Waals surface area contributed by atoms with E-state index in [9.17, 15) is 73.2 Å². The summed E-state index contributed by atoms with van der Waals surface area (Å²) in [6, 6.07) is 4.92. The molecule has 0 aliphatic carbocycles. The highest BCUT2D eigenvalue weighted by Crippen LogP contribution is 2.13. The Bertz CT molecular complexity index is 2190. The van der Waals surface area contributed by atoms with Crippen LogP contribution in [0.4, 0.5) is 0 Å². The first kappa shape index (κ1) is 60.7. The van der Waals surface area contributed by atoms with Crippen LogP contribution >= 0.6 is 0 Å². The standard InChI is InChI=1S/C48H68N8O16/c1-25(2)22-34(54-46(69)39(26(3)4)56-42(65)30(49)16-19-36(57)58)45(68)53-33(23-28-12-8-6-9-13-28)40(63)47(70)52-31(17-20-37(59)60)43(66)50-27(5)41(64)51-32(18-21-38(61)62)44(67)55-35(48(71)72)24-29-14-10-7-11-15-29/h6-15,25-27,30-35,39-40,63H,16-24,49H2,1-5H3,(H,50,66)(H,51,64)(H,52,70)(H,53,68)(H,54,69)(H,55,67)(H,56,65)(H,57,58)(H,59,60)(H,61,62)(H,71,72)/t27-,30-,31-,32-,33-,34-,35-,39-,40+/m0/s1. The van der Waals surface area contributed by atoms with Gasteiger partial charge in [-0.05, 0) is 62.0 Å². The molecule has 0 fully saturated rings. The summed E-state index contributed by atoms with van der Waals surface area (Å²) < 4.78 is 0. The zero-order valence-electron chi connectivity index (χ0n) is 40.8. The molecule has 0 unspecified atom stereocenters. The molecule has 2 aromatic rings. The molecule has 9 atom stereocenters. The zero-order chi connectivity index (χ0) is 54.2. The van der Waals surface area contributed by atoms with E-state index in [0.717, 1.165) is 6.92 Å². The number of rotatable bonds is 32. The van der Waals surface area contributed by atoms with Crippen molar-refractivity contribution < 1.29 is 78.3 Å². The number of carbonyl (C=O) groups is 11. The highest BCUT2D eigenvalue weighted by molar-refractivity contribution is 5.96. The summed E-state index contributed by atoms with van der Waals surface area (Å²) in [6.45, 7) is 7.90. The van der Waals surface area contributed by atoms with E-state index < -0.39 is 158 Å². The predicted octanol–water partition coefficient (Wildman–Crippen LogP) is -1.05. The normalized spacial score (nSPS) is 14.8. The van der Waals surface area contributed by atoms with Crippen molar-refractivity contribution in [2.75, 3.05) is 0 Å². The molecular formula is C48H68N8O16. The maximum absolute atomic E-state index is 14.1. The number of carbonyl (C=O) groups excluding carboxylic acids is 7. The van der Waals surface area contributed by atoms with Crippen molar-refractivity contribution in [3.63, 3.8) is 0 Å². The second-order valence-electron chi connectivity index (χ2n) is 18.0. The lowest BCUT2D eigenvalue weighted by atomic mass is 9.97. The molecule has 2 aromatic carbocycles. The molecular weight excluding hydrogens is 945 g/mol. The van der Waals surface area contributed by atoms with Gasteiger partial charge in [-0.25, -0.2) is 4.79 Å². The van der Waals surface area contributed by atoms with Crippen LogP contribution in [0.2, 0.25) is 0 Å². The molecule has 0 spiro atoms. The van der Waals surface area contributed by atoms with E-state index in [0.29, 0.717) is 11.1 Å². The van der Waals surface area contributed by atoms with Crippen LogP contribution in [0.5, 0.6) is 0 Å². The highest BCUT2D eigenvalue weighted by Gasteiger charge is 2.36. The number of carboxylic acids is 4. The van der Waals surface area contributed by atoms with E-state index in [4.69, 9.17) is 10.8 Å². The fourth-order valence-electron chi connectivity index (χ4n) is 7.07. The molecule has 0 saturated carbocycles. The molecule has 0 bridgehead atoms. The Morgan fingerprint density at radius 2 is 0.903 bits per heavy atom. The number of hydrogen-bond acceptors (Lipinski definition) is 13. The van der Waals surface area contributed by atoms with Crippen LogP contribution in [0.15, 0.2) is 60.7 Å². The van der Waals surface area contributed by atoms with Gasteiger partial charge in [0.25, 0.3) is 5.91 Å². The number of benzene rings is 2. The molecule has 0 heterocycles. The van der Waals surface area contributed by atoms with E-state index >= 15 is 0 Å². The average Bonchev–Trinajstić information content (AvgIpc) is 3.31. The SMILES string of the molecule is CC(C)C[C@H](NC(=O)[C@@H](NC(=O)[C@@H](N)CCC(=O)O)C(C)C)C(=O)N[C@@H](Cc1ccccc1)[C@@H](O)C(=O)N[C@@H](CCC(=O)O)C(=O)N[C@@H](C)C(=O)N[C@@H](CCC(=O)O)C(=O)N[C@@H](Cc1ccccc1)C(=O)O. The maximum Gasteiger partial charge on any atom is 0.326 e. The first-order valence-electron chi connectivity index (χ1n) is 23.3. The second-order valence-corrected chi connectivity index (χ2v) is 18.0. The van der Waals surface area contributed by atoms with Crippen molar-refractivity contribution in [2.45, 2.75) is 147 Å². The van der Waals surface area contributed by atoms with Gasteiger partial charge in [-0.15, -0.1) is 0 Å².